The number of likely N-dealkylation sites (tertiary alicyclic amines) is 1. The van der Waals surface area contributed by atoms with Crippen LogP contribution < -0.4 is 11.1 Å². The maximum atomic E-state index is 12.3. The Morgan fingerprint density at radius 1 is 1.04 bits per heavy atom. The number of anilines is 1. The molecule has 1 amide bonds. The van der Waals surface area contributed by atoms with Gasteiger partial charge in [-0.3, -0.25) is 4.79 Å². The quantitative estimate of drug-likeness (QED) is 0.831. The minimum Gasteiger partial charge on any atom is -0.324 e. The van der Waals surface area contributed by atoms with Gasteiger partial charge in [-0.05, 0) is 62.9 Å². The normalized spacial score (nSPS) is 19.4. The maximum Gasteiger partial charge on any atom is 0.244 e. The van der Waals surface area contributed by atoms with Crippen molar-refractivity contribution < 1.29 is 4.79 Å². The molecule has 1 aromatic rings. The van der Waals surface area contributed by atoms with Crippen LogP contribution in [-0.2, 0) is 11.2 Å². The number of hydrogen-bond acceptors (Lipinski definition) is 3. The second-order valence-corrected chi connectivity index (χ2v) is 6.81. The summed E-state index contributed by atoms with van der Waals surface area (Å²) >= 11 is 0. The van der Waals surface area contributed by atoms with Crippen molar-refractivity contribution in [2.24, 2.45) is 5.73 Å². The molecule has 136 valence electrons. The van der Waals surface area contributed by atoms with Crippen LogP contribution in [0.2, 0.25) is 0 Å². The van der Waals surface area contributed by atoms with E-state index in [1.54, 1.807) is 0 Å². The van der Waals surface area contributed by atoms with Gasteiger partial charge in [0.25, 0.3) is 0 Å². The van der Waals surface area contributed by atoms with Crippen molar-refractivity contribution in [2.75, 3.05) is 25.0 Å². The number of nitrogens with one attached hydrogen (secondary N) is 1. The molecule has 1 aliphatic carbocycles. The molecule has 0 aromatic heterocycles. The van der Waals surface area contributed by atoms with Gasteiger partial charge in [-0.15, -0.1) is 24.8 Å². The molecule has 24 heavy (non-hydrogen) atoms. The number of halogens is 2. The molecule has 2 aliphatic rings. The third-order valence-electron chi connectivity index (χ3n) is 5.08. The third kappa shape index (κ3) is 5.35. The SMILES string of the molecule is Cl.Cl.NC1(C(=O)Nc2ccc(CCN3CCCC3)cc2)CCCC1. The Labute approximate surface area is 157 Å². The number of nitrogens with two attached hydrogens (primary N) is 1. The van der Waals surface area contributed by atoms with Gasteiger partial charge in [0, 0.05) is 12.2 Å². The molecule has 6 heteroatoms. The van der Waals surface area contributed by atoms with Gasteiger partial charge in [0.2, 0.25) is 5.91 Å². The molecular formula is C18H29Cl2N3O. The Kier molecular flexibility index (Phi) is 8.51. The van der Waals surface area contributed by atoms with E-state index in [-0.39, 0.29) is 30.7 Å². The number of amides is 1. The number of benzene rings is 1. The highest BCUT2D eigenvalue weighted by molar-refractivity contribution is 5.98. The summed E-state index contributed by atoms with van der Waals surface area (Å²) < 4.78 is 0. The maximum absolute atomic E-state index is 12.3. The van der Waals surface area contributed by atoms with Crippen molar-refractivity contribution in [3.05, 3.63) is 29.8 Å². The molecular weight excluding hydrogens is 345 g/mol. The van der Waals surface area contributed by atoms with Crippen LogP contribution in [0.3, 0.4) is 0 Å². The summed E-state index contributed by atoms with van der Waals surface area (Å²) in [5.41, 5.74) is 7.70. The van der Waals surface area contributed by atoms with Gasteiger partial charge in [0.05, 0.1) is 5.54 Å². The third-order valence-corrected chi connectivity index (χ3v) is 5.08. The number of rotatable bonds is 5. The van der Waals surface area contributed by atoms with Crippen molar-refractivity contribution >= 4 is 36.4 Å². The Morgan fingerprint density at radius 2 is 1.62 bits per heavy atom. The summed E-state index contributed by atoms with van der Waals surface area (Å²) in [7, 11) is 0. The average Bonchev–Trinajstić information content (AvgIpc) is 3.19. The van der Waals surface area contributed by atoms with Crippen molar-refractivity contribution in [1.82, 2.24) is 4.90 Å². The molecule has 0 atom stereocenters. The van der Waals surface area contributed by atoms with Gasteiger partial charge in [0.15, 0.2) is 0 Å². The van der Waals surface area contributed by atoms with Crippen LogP contribution in [0.4, 0.5) is 5.69 Å². The first kappa shape index (κ1) is 21.2. The van der Waals surface area contributed by atoms with Crippen LogP contribution in [0, 0.1) is 0 Å². The number of carbonyl (C=O) groups is 1. The molecule has 0 spiro atoms. The smallest absolute Gasteiger partial charge is 0.244 e. The summed E-state index contributed by atoms with van der Waals surface area (Å²) in [5, 5.41) is 2.97. The van der Waals surface area contributed by atoms with Gasteiger partial charge in [-0.1, -0.05) is 25.0 Å². The van der Waals surface area contributed by atoms with Crippen molar-refractivity contribution in [3.8, 4) is 0 Å². The molecule has 2 fully saturated rings. The van der Waals surface area contributed by atoms with Crippen molar-refractivity contribution in [1.29, 1.82) is 0 Å². The fourth-order valence-electron chi connectivity index (χ4n) is 3.54. The average molecular weight is 374 g/mol. The van der Waals surface area contributed by atoms with Crippen LogP contribution >= 0.6 is 24.8 Å². The first-order valence-corrected chi connectivity index (χ1v) is 8.57. The zero-order chi connectivity index (χ0) is 15.4. The predicted molar refractivity (Wildman–Crippen MR) is 104 cm³/mol. The van der Waals surface area contributed by atoms with Crippen molar-refractivity contribution in [2.45, 2.75) is 50.5 Å². The van der Waals surface area contributed by atoms with E-state index in [4.69, 9.17) is 5.73 Å². The lowest BCUT2D eigenvalue weighted by Crippen LogP contribution is -2.48. The van der Waals surface area contributed by atoms with E-state index in [2.05, 4.69) is 22.3 Å². The monoisotopic (exact) mass is 373 g/mol. The standard InChI is InChI=1S/C18H27N3O.2ClH/c19-18(10-1-2-11-18)17(22)20-16-7-5-15(6-8-16)9-14-21-12-3-4-13-21;;/h5-8H,1-4,9-14,19H2,(H,20,22);2*1H. The largest absolute Gasteiger partial charge is 0.324 e. The van der Waals surface area contributed by atoms with Gasteiger partial charge in [-0.25, -0.2) is 0 Å². The topological polar surface area (TPSA) is 58.4 Å². The molecule has 4 nitrogen and oxygen atoms in total. The van der Waals surface area contributed by atoms with E-state index in [9.17, 15) is 4.79 Å². The van der Waals surface area contributed by atoms with E-state index >= 15 is 0 Å². The molecule has 0 bridgehead atoms. The number of hydrogen-bond donors (Lipinski definition) is 2. The molecule has 1 heterocycles. The van der Waals surface area contributed by atoms with Gasteiger partial charge in [0.1, 0.15) is 0 Å². The molecule has 1 saturated heterocycles. The van der Waals surface area contributed by atoms with Gasteiger partial charge < -0.3 is 16.0 Å². The zero-order valence-corrected chi connectivity index (χ0v) is 15.8. The van der Waals surface area contributed by atoms with E-state index < -0.39 is 5.54 Å². The molecule has 0 radical (unpaired) electrons. The van der Waals surface area contributed by atoms with E-state index in [0.717, 1.165) is 44.3 Å². The minimum atomic E-state index is -0.658. The Balaban J connectivity index is 0.00000144. The van der Waals surface area contributed by atoms with Gasteiger partial charge in [-0.2, -0.15) is 0 Å². The first-order chi connectivity index (χ1) is 10.7. The lowest BCUT2D eigenvalue weighted by Gasteiger charge is -2.22. The molecule has 1 aromatic carbocycles. The van der Waals surface area contributed by atoms with Crippen LogP contribution in [-0.4, -0.2) is 36.0 Å². The highest BCUT2D eigenvalue weighted by Gasteiger charge is 2.36. The minimum absolute atomic E-state index is 0. The predicted octanol–water partition coefficient (Wildman–Crippen LogP) is 3.38. The highest BCUT2D eigenvalue weighted by atomic mass is 35.5. The van der Waals surface area contributed by atoms with E-state index in [0.29, 0.717) is 0 Å². The second-order valence-electron chi connectivity index (χ2n) is 6.81. The molecule has 1 saturated carbocycles. The fourth-order valence-corrected chi connectivity index (χ4v) is 3.54. The summed E-state index contributed by atoms with van der Waals surface area (Å²) in [6.07, 6.45) is 7.46. The number of nitrogens with zero attached hydrogens (tertiary/aromatic N) is 1. The first-order valence-electron chi connectivity index (χ1n) is 8.57. The lowest BCUT2D eigenvalue weighted by atomic mass is 9.98. The Morgan fingerprint density at radius 3 is 2.21 bits per heavy atom. The van der Waals surface area contributed by atoms with Crippen molar-refractivity contribution in [3.63, 3.8) is 0 Å². The Hall–Kier alpha value is -0.810. The van der Waals surface area contributed by atoms with Crippen LogP contribution in [0.1, 0.15) is 44.1 Å². The summed E-state index contributed by atoms with van der Waals surface area (Å²) in [6, 6.07) is 8.22. The van der Waals surface area contributed by atoms with E-state index in [1.165, 1.54) is 31.5 Å². The highest BCUT2D eigenvalue weighted by Crippen LogP contribution is 2.28. The molecule has 3 rings (SSSR count). The molecule has 1 aliphatic heterocycles. The van der Waals surface area contributed by atoms with E-state index in [1.807, 2.05) is 12.1 Å². The van der Waals surface area contributed by atoms with Gasteiger partial charge >= 0.3 is 0 Å². The van der Waals surface area contributed by atoms with Crippen LogP contribution in [0.25, 0.3) is 0 Å². The second kappa shape index (κ2) is 9.62. The summed E-state index contributed by atoms with van der Waals surface area (Å²) in [6.45, 7) is 3.62. The molecule has 0 unspecified atom stereocenters. The summed E-state index contributed by atoms with van der Waals surface area (Å²) in [4.78, 5) is 14.8. The Bertz CT molecular complexity index is 510. The lowest BCUT2D eigenvalue weighted by molar-refractivity contribution is -0.121. The van der Waals surface area contributed by atoms with Crippen LogP contribution in [0.5, 0.6) is 0 Å². The summed E-state index contributed by atoms with van der Waals surface area (Å²) in [5.74, 6) is -0.0326. The molecule has 3 N–H and O–H groups in total. The fraction of sp³-hybridized carbons (Fsp3) is 0.611. The van der Waals surface area contributed by atoms with Crippen LogP contribution in [0.15, 0.2) is 24.3 Å². The zero-order valence-electron chi connectivity index (χ0n) is 14.1. The number of carbonyl (C=O) groups excluding carboxylic acids is 1.